The lowest BCUT2D eigenvalue weighted by atomic mass is 9.82. The van der Waals surface area contributed by atoms with E-state index >= 15 is 0 Å². The second-order valence-electron chi connectivity index (χ2n) is 4.69. The van der Waals surface area contributed by atoms with Gasteiger partial charge in [-0.05, 0) is 30.7 Å². The van der Waals surface area contributed by atoms with Crippen molar-refractivity contribution in [3.63, 3.8) is 0 Å². The first-order valence-electron chi connectivity index (χ1n) is 6.25. The van der Waals surface area contributed by atoms with Gasteiger partial charge in [-0.2, -0.15) is 0 Å². The van der Waals surface area contributed by atoms with Crippen molar-refractivity contribution in [3.05, 3.63) is 35.4 Å². The molecule has 0 aliphatic rings. The molecule has 0 N–H and O–H groups in total. The fourth-order valence-electron chi connectivity index (χ4n) is 2.19. The summed E-state index contributed by atoms with van der Waals surface area (Å²) in [4.78, 5) is 0. The van der Waals surface area contributed by atoms with Crippen molar-refractivity contribution in [1.29, 1.82) is 0 Å². The van der Waals surface area contributed by atoms with Crippen LogP contribution in [0.2, 0.25) is 0 Å². The van der Waals surface area contributed by atoms with Crippen LogP contribution in [0, 0.1) is 12.8 Å². The Labute approximate surface area is 94.7 Å². The predicted octanol–water partition coefficient (Wildman–Crippen LogP) is 4.92. The van der Waals surface area contributed by atoms with Gasteiger partial charge >= 0.3 is 0 Å². The number of benzene rings is 1. The topological polar surface area (TPSA) is 0 Å². The molecule has 0 aliphatic heterocycles. The number of aryl methyl sites for hydroxylation is 1. The minimum Gasteiger partial charge on any atom is -0.0654 e. The van der Waals surface area contributed by atoms with Gasteiger partial charge in [0.05, 0.1) is 0 Å². The van der Waals surface area contributed by atoms with Crippen molar-refractivity contribution < 1.29 is 0 Å². The molecule has 0 aliphatic carbocycles. The molecule has 0 amide bonds. The van der Waals surface area contributed by atoms with Crippen LogP contribution in [0.25, 0.3) is 0 Å². The Kier molecular flexibility index (Phi) is 4.87. The Morgan fingerprint density at radius 1 is 1.07 bits per heavy atom. The van der Waals surface area contributed by atoms with E-state index in [0.717, 1.165) is 11.8 Å². The molecule has 0 aromatic heterocycles. The summed E-state index contributed by atoms with van der Waals surface area (Å²) in [6.45, 7) is 9.10. The average Bonchev–Trinajstić information content (AvgIpc) is 2.26. The largest absolute Gasteiger partial charge is 0.0654 e. The lowest BCUT2D eigenvalue weighted by Crippen LogP contribution is -2.08. The molecule has 0 spiro atoms. The average molecular weight is 204 g/mol. The van der Waals surface area contributed by atoms with E-state index in [-0.39, 0.29) is 0 Å². The third-order valence-electron chi connectivity index (χ3n) is 3.44. The standard InChI is InChI=1S/C15H24/c1-5-7-15(13(4)6-2)14-10-8-12(3)9-11-14/h8-11,13,15H,5-7H2,1-4H3/t13?,15-/m0/s1. The zero-order valence-corrected chi connectivity index (χ0v) is 10.6. The summed E-state index contributed by atoms with van der Waals surface area (Å²) >= 11 is 0. The van der Waals surface area contributed by atoms with Crippen molar-refractivity contribution in [1.82, 2.24) is 0 Å². The van der Waals surface area contributed by atoms with Crippen LogP contribution in [0.3, 0.4) is 0 Å². The van der Waals surface area contributed by atoms with Gasteiger partial charge in [0, 0.05) is 0 Å². The van der Waals surface area contributed by atoms with Gasteiger partial charge in [-0.1, -0.05) is 63.4 Å². The van der Waals surface area contributed by atoms with E-state index in [4.69, 9.17) is 0 Å². The quantitative estimate of drug-likeness (QED) is 0.638. The van der Waals surface area contributed by atoms with Gasteiger partial charge in [0.15, 0.2) is 0 Å². The van der Waals surface area contributed by atoms with Gasteiger partial charge in [0.25, 0.3) is 0 Å². The fraction of sp³-hybridized carbons (Fsp3) is 0.600. The third kappa shape index (κ3) is 3.37. The molecular weight excluding hydrogens is 180 g/mol. The summed E-state index contributed by atoms with van der Waals surface area (Å²) < 4.78 is 0. The first kappa shape index (κ1) is 12.3. The Morgan fingerprint density at radius 3 is 2.13 bits per heavy atom. The van der Waals surface area contributed by atoms with Crippen LogP contribution in [-0.4, -0.2) is 0 Å². The minimum atomic E-state index is 0.751. The van der Waals surface area contributed by atoms with Gasteiger partial charge in [-0.25, -0.2) is 0 Å². The van der Waals surface area contributed by atoms with Crippen LogP contribution >= 0.6 is 0 Å². The van der Waals surface area contributed by atoms with Crippen molar-refractivity contribution in [2.24, 2.45) is 5.92 Å². The maximum absolute atomic E-state index is 2.38. The molecule has 0 radical (unpaired) electrons. The number of rotatable bonds is 5. The SMILES string of the molecule is CCC[C@H](c1ccc(C)cc1)C(C)CC. The Morgan fingerprint density at radius 2 is 1.67 bits per heavy atom. The lowest BCUT2D eigenvalue weighted by molar-refractivity contribution is 0.419. The second-order valence-corrected chi connectivity index (χ2v) is 4.69. The normalized spacial score (nSPS) is 14.9. The van der Waals surface area contributed by atoms with Crippen LogP contribution in [-0.2, 0) is 0 Å². The van der Waals surface area contributed by atoms with Crippen LogP contribution in [0.1, 0.15) is 57.1 Å². The predicted molar refractivity (Wildman–Crippen MR) is 68.3 cm³/mol. The van der Waals surface area contributed by atoms with E-state index in [1.807, 2.05) is 0 Å². The van der Waals surface area contributed by atoms with Crippen molar-refractivity contribution in [3.8, 4) is 0 Å². The Hall–Kier alpha value is -0.780. The molecule has 0 bridgehead atoms. The van der Waals surface area contributed by atoms with E-state index in [9.17, 15) is 0 Å². The first-order chi connectivity index (χ1) is 7.19. The summed E-state index contributed by atoms with van der Waals surface area (Å²) in [6.07, 6.45) is 3.87. The molecule has 0 saturated heterocycles. The highest BCUT2D eigenvalue weighted by Gasteiger charge is 2.16. The maximum atomic E-state index is 2.38. The molecule has 0 heteroatoms. The highest BCUT2D eigenvalue weighted by atomic mass is 14.2. The van der Waals surface area contributed by atoms with Gasteiger partial charge in [-0.3, -0.25) is 0 Å². The molecular formula is C15H24. The molecule has 1 unspecified atom stereocenters. The number of hydrogen-bond donors (Lipinski definition) is 0. The summed E-state index contributed by atoms with van der Waals surface area (Å²) in [7, 11) is 0. The lowest BCUT2D eigenvalue weighted by Gasteiger charge is -2.23. The van der Waals surface area contributed by atoms with Crippen molar-refractivity contribution in [2.45, 2.75) is 52.9 Å². The van der Waals surface area contributed by atoms with Gasteiger partial charge < -0.3 is 0 Å². The van der Waals surface area contributed by atoms with Gasteiger partial charge in [0.2, 0.25) is 0 Å². The fourth-order valence-corrected chi connectivity index (χ4v) is 2.19. The van der Waals surface area contributed by atoms with E-state index in [0.29, 0.717) is 0 Å². The Bertz CT molecular complexity index is 271. The molecule has 1 aromatic rings. The molecule has 84 valence electrons. The number of hydrogen-bond acceptors (Lipinski definition) is 0. The molecule has 0 nitrogen and oxygen atoms in total. The minimum absolute atomic E-state index is 0.751. The summed E-state index contributed by atoms with van der Waals surface area (Å²) in [6, 6.07) is 9.09. The zero-order valence-electron chi connectivity index (χ0n) is 10.6. The molecule has 0 heterocycles. The van der Waals surface area contributed by atoms with Crippen LogP contribution in [0.4, 0.5) is 0 Å². The molecule has 2 atom stereocenters. The van der Waals surface area contributed by atoms with E-state index in [2.05, 4.69) is 52.0 Å². The van der Waals surface area contributed by atoms with Crippen LogP contribution < -0.4 is 0 Å². The summed E-state index contributed by atoms with van der Waals surface area (Å²) in [5.41, 5.74) is 2.88. The Balaban J connectivity index is 2.83. The second kappa shape index (κ2) is 5.95. The van der Waals surface area contributed by atoms with E-state index in [1.165, 1.54) is 30.4 Å². The van der Waals surface area contributed by atoms with Crippen LogP contribution in [0.15, 0.2) is 24.3 Å². The zero-order chi connectivity index (χ0) is 11.3. The molecule has 15 heavy (non-hydrogen) atoms. The molecule has 1 rings (SSSR count). The third-order valence-corrected chi connectivity index (χ3v) is 3.44. The van der Waals surface area contributed by atoms with Crippen LogP contribution in [0.5, 0.6) is 0 Å². The summed E-state index contributed by atoms with van der Waals surface area (Å²) in [5, 5.41) is 0. The monoisotopic (exact) mass is 204 g/mol. The first-order valence-corrected chi connectivity index (χ1v) is 6.25. The van der Waals surface area contributed by atoms with Gasteiger partial charge in [0.1, 0.15) is 0 Å². The molecule has 0 fully saturated rings. The van der Waals surface area contributed by atoms with E-state index < -0.39 is 0 Å². The van der Waals surface area contributed by atoms with Crippen molar-refractivity contribution in [2.75, 3.05) is 0 Å². The maximum Gasteiger partial charge on any atom is -0.0136 e. The highest BCUT2D eigenvalue weighted by Crippen LogP contribution is 2.31. The van der Waals surface area contributed by atoms with Gasteiger partial charge in [-0.15, -0.1) is 0 Å². The smallest absolute Gasteiger partial charge is 0.0136 e. The van der Waals surface area contributed by atoms with Crippen molar-refractivity contribution >= 4 is 0 Å². The summed E-state index contributed by atoms with van der Waals surface area (Å²) in [5.74, 6) is 1.55. The molecule has 0 saturated carbocycles. The molecule has 1 aromatic carbocycles. The highest BCUT2D eigenvalue weighted by molar-refractivity contribution is 5.24. The van der Waals surface area contributed by atoms with E-state index in [1.54, 1.807) is 0 Å².